The van der Waals surface area contributed by atoms with E-state index in [-0.39, 0.29) is 5.91 Å². The third-order valence-corrected chi connectivity index (χ3v) is 5.60. The van der Waals surface area contributed by atoms with E-state index < -0.39 is 5.54 Å². The van der Waals surface area contributed by atoms with Crippen molar-refractivity contribution in [3.05, 3.63) is 18.5 Å². The number of nitrogens with zero attached hydrogens (tertiary/aromatic N) is 4. The quantitative estimate of drug-likeness (QED) is 0.834. The standard InChI is InChI=1S/C19H29N5O/c20-16-19(9-4-1-2-5-10-19)22-18(25)15-23-12-6-3-8-17(23)14-24-13-7-11-21-24/h7,11,13,17H,1-6,8-10,12,14-15H2,(H,22,25). The number of hydrogen-bond acceptors (Lipinski definition) is 4. The lowest BCUT2D eigenvalue weighted by molar-refractivity contribution is -0.124. The van der Waals surface area contributed by atoms with Crippen LogP contribution in [0.2, 0.25) is 0 Å². The second-order valence-corrected chi connectivity index (χ2v) is 7.50. The Hall–Kier alpha value is -1.87. The Labute approximate surface area is 150 Å². The summed E-state index contributed by atoms with van der Waals surface area (Å²) < 4.78 is 1.95. The number of amides is 1. The van der Waals surface area contributed by atoms with Crippen LogP contribution in [0.3, 0.4) is 0 Å². The molecule has 25 heavy (non-hydrogen) atoms. The maximum atomic E-state index is 12.7. The summed E-state index contributed by atoms with van der Waals surface area (Å²) in [5.41, 5.74) is -0.652. The topological polar surface area (TPSA) is 74.0 Å². The summed E-state index contributed by atoms with van der Waals surface area (Å²) >= 11 is 0. The zero-order valence-corrected chi connectivity index (χ0v) is 15.0. The Morgan fingerprint density at radius 2 is 2.04 bits per heavy atom. The van der Waals surface area contributed by atoms with E-state index in [0.717, 1.165) is 64.5 Å². The molecule has 0 bridgehead atoms. The second kappa shape index (κ2) is 8.48. The zero-order chi connectivity index (χ0) is 17.5. The highest BCUT2D eigenvalue weighted by Gasteiger charge is 2.33. The number of nitriles is 1. The Balaban J connectivity index is 1.58. The third-order valence-electron chi connectivity index (χ3n) is 5.60. The number of likely N-dealkylation sites (tertiary alicyclic amines) is 1. The van der Waals surface area contributed by atoms with Crippen molar-refractivity contribution >= 4 is 5.91 Å². The number of piperidine rings is 1. The van der Waals surface area contributed by atoms with E-state index in [1.807, 2.05) is 16.9 Å². The van der Waals surface area contributed by atoms with E-state index in [1.165, 1.54) is 6.42 Å². The summed E-state index contributed by atoms with van der Waals surface area (Å²) in [4.78, 5) is 14.9. The van der Waals surface area contributed by atoms with E-state index >= 15 is 0 Å². The summed E-state index contributed by atoms with van der Waals surface area (Å²) in [6.45, 7) is 2.15. The van der Waals surface area contributed by atoms with Gasteiger partial charge in [0.2, 0.25) is 5.91 Å². The Morgan fingerprint density at radius 1 is 1.24 bits per heavy atom. The van der Waals surface area contributed by atoms with Crippen LogP contribution in [0, 0.1) is 11.3 Å². The van der Waals surface area contributed by atoms with Crippen LogP contribution in [0.4, 0.5) is 0 Å². The minimum atomic E-state index is -0.652. The van der Waals surface area contributed by atoms with E-state index in [2.05, 4.69) is 21.4 Å². The highest BCUT2D eigenvalue weighted by molar-refractivity contribution is 5.79. The molecule has 2 heterocycles. The molecule has 1 aromatic heterocycles. The van der Waals surface area contributed by atoms with E-state index in [1.54, 1.807) is 6.20 Å². The van der Waals surface area contributed by atoms with Gasteiger partial charge in [0.15, 0.2) is 0 Å². The van der Waals surface area contributed by atoms with Gasteiger partial charge in [0.1, 0.15) is 5.54 Å². The minimum Gasteiger partial charge on any atom is -0.337 e. The summed E-state index contributed by atoms with van der Waals surface area (Å²) in [6, 6.07) is 4.68. The van der Waals surface area contributed by atoms with Gasteiger partial charge >= 0.3 is 0 Å². The molecule has 0 radical (unpaired) electrons. The lowest BCUT2D eigenvalue weighted by atomic mass is 9.91. The molecule has 1 saturated heterocycles. The first-order valence-electron chi connectivity index (χ1n) is 9.64. The van der Waals surface area contributed by atoms with Crippen molar-refractivity contribution in [2.75, 3.05) is 13.1 Å². The molecular formula is C19H29N5O. The van der Waals surface area contributed by atoms with Crippen LogP contribution in [-0.4, -0.2) is 45.3 Å². The van der Waals surface area contributed by atoms with Gasteiger partial charge in [-0.2, -0.15) is 10.4 Å². The smallest absolute Gasteiger partial charge is 0.235 e. The highest BCUT2D eigenvalue weighted by Crippen LogP contribution is 2.27. The monoisotopic (exact) mass is 343 g/mol. The average molecular weight is 343 g/mol. The average Bonchev–Trinajstić information content (AvgIpc) is 3.01. The van der Waals surface area contributed by atoms with Crippen molar-refractivity contribution in [2.24, 2.45) is 0 Å². The number of carbonyl (C=O) groups is 1. The molecule has 1 saturated carbocycles. The predicted octanol–water partition coefficient (Wildman–Crippen LogP) is 2.47. The molecule has 3 rings (SSSR count). The van der Waals surface area contributed by atoms with Gasteiger partial charge in [-0.15, -0.1) is 0 Å². The highest BCUT2D eigenvalue weighted by atomic mass is 16.2. The van der Waals surface area contributed by atoms with Gasteiger partial charge in [0.05, 0.1) is 19.2 Å². The molecule has 6 nitrogen and oxygen atoms in total. The molecule has 1 amide bonds. The SMILES string of the molecule is N#CC1(NC(=O)CN2CCCCC2Cn2cccn2)CCCCCC1. The molecule has 0 spiro atoms. The molecule has 1 atom stereocenters. The van der Waals surface area contributed by atoms with Crippen LogP contribution in [0.15, 0.2) is 18.5 Å². The zero-order valence-electron chi connectivity index (χ0n) is 15.0. The van der Waals surface area contributed by atoms with Gasteiger partial charge in [-0.1, -0.05) is 32.1 Å². The van der Waals surface area contributed by atoms with Crippen LogP contribution >= 0.6 is 0 Å². The molecule has 1 N–H and O–H groups in total. The minimum absolute atomic E-state index is 0.00387. The molecule has 2 aliphatic rings. The van der Waals surface area contributed by atoms with Crippen molar-refractivity contribution in [3.8, 4) is 6.07 Å². The fourth-order valence-corrected chi connectivity index (χ4v) is 4.19. The number of rotatable bonds is 5. The molecule has 1 aliphatic carbocycles. The van der Waals surface area contributed by atoms with Crippen molar-refractivity contribution in [3.63, 3.8) is 0 Å². The number of carbonyl (C=O) groups excluding carboxylic acids is 1. The van der Waals surface area contributed by atoms with Crippen LogP contribution in [0.25, 0.3) is 0 Å². The van der Waals surface area contributed by atoms with Crippen molar-refractivity contribution < 1.29 is 4.79 Å². The van der Waals surface area contributed by atoms with Crippen LogP contribution < -0.4 is 5.32 Å². The van der Waals surface area contributed by atoms with E-state index in [4.69, 9.17) is 0 Å². The molecule has 136 valence electrons. The first-order chi connectivity index (χ1) is 12.2. The second-order valence-electron chi connectivity index (χ2n) is 7.50. The van der Waals surface area contributed by atoms with Crippen LogP contribution in [0.1, 0.15) is 57.8 Å². The number of nitrogens with one attached hydrogen (secondary N) is 1. The van der Waals surface area contributed by atoms with Crippen LogP contribution in [-0.2, 0) is 11.3 Å². The van der Waals surface area contributed by atoms with Gasteiger partial charge in [0.25, 0.3) is 0 Å². The normalized spacial score (nSPS) is 24.2. The Kier molecular flexibility index (Phi) is 6.09. The first-order valence-corrected chi connectivity index (χ1v) is 9.64. The fraction of sp³-hybridized carbons (Fsp3) is 0.737. The van der Waals surface area contributed by atoms with E-state index in [9.17, 15) is 10.1 Å². The molecule has 2 fully saturated rings. The third kappa shape index (κ3) is 4.82. The molecule has 1 unspecified atom stereocenters. The molecule has 0 aromatic carbocycles. The number of hydrogen-bond donors (Lipinski definition) is 1. The van der Waals surface area contributed by atoms with Gasteiger partial charge in [-0.05, 0) is 38.3 Å². The Bertz CT molecular complexity index is 583. The van der Waals surface area contributed by atoms with Gasteiger partial charge in [-0.3, -0.25) is 14.4 Å². The van der Waals surface area contributed by atoms with Crippen molar-refractivity contribution in [1.29, 1.82) is 5.26 Å². The van der Waals surface area contributed by atoms with Crippen molar-refractivity contribution in [1.82, 2.24) is 20.0 Å². The summed E-state index contributed by atoms with van der Waals surface area (Å²) in [6.07, 6.45) is 13.1. The first kappa shape index (κ1) is 17.9. The summed E-state index contributed by atoms with van der Waals surface area (Å²) in [5, 5.41) is 17.0. The molecule has 6 heteroatoms. The lowest BCUT2D eigenvalue weighted by Gasteiger charge is -2.36. The van der Waals surface area contributed by atoms with Crippen molar-refractivity contribution in [2.45, 2.75) is 75.9 Å². The molecular weight excluding hydrogens is 314 g/mol. The maximum absolute atomic E-state index is 12.7. The summed E-state index contributed by atoms with van der Waals surface area (Å²) in [5.74, 6) is -0.00387. The van der Waals surface area contributed by atoms with Crippen LogP contribution in [0.5, 0.6) is 0 Å². The predicted molar refractivity (Wildman–Crippen MR) is 95.6 cm³/mol. The maximum Gasteiger partial charge on any atom is 0.235 e. The molecule has 1 aromatic rings. The largest absolute Gasteiger partial charge is 0.337 e. The fourth-order valence-electron chi connectivity index (χ4n) is 4.19. The van der Waals surface area contributed by atoms with E-state index in [0.29, 0.717) is 12.6 Å². The van der Waals surface area contributed by atoms with Gasteiger partial charge in [-0.25, -0.2) is 0 Å². The van der Waals surface area contributed by atoms with Gasteiger partial charge in [0, 0.05) is 18.4 Å². The molecule has 1 aliphatic heterocycles. The summed E-state index contributed by atoms with van der Waals surface area (Å²) in [7, 11) is 0. The number of aromatic nitrogens is 2. The lowest BCUT2D eigenvalue weighted by Crippen LogP contribution is -2.53. The Morgan fingerprint density at radius 3 is 2.72 bits per heavy atom. The van der Waals surface area contributed by atoms with Gasteiger partial charge < -0.3 is 5.32 Å².